The molecule has 1 aliphatic rings. The van der Waals surface area contributed by atoms with E-state index in [2.05, 4.69) is 4.99 Å². The summed E-state index contributed by atoms with van der Waals surface area (Å²) in [7, 11) is 0. The van der Waals surface area contributed by atoms with E-state index < -0.39 is 0 Å². The number of rotatable bonds is 1. The minimum absolute atomic E-state index is 0.576. The van der Waals surface area contributed by atoms with Gasteiger partial charge in [0.25, 0.3) is 0 Å². The lowest BCUT2D eigenvalue weighted by Gasteiger charge is -2.20. The van der Waals surface area contributed by atoms with Gasteiger partial charge in [0, 0.05) is 12.0 Å². The predicted molar refractivity (Wildman–Crippen MR) is 47.3 cm³/mol. The molecule has 0 aromatic rings. The second-order valence-corrected chi connectivity index (χ2v) is 3.11. The van der Waals surface area contributed by atoms with Crippen LogP contribution in [0.2, 0.25) is 0 Å². The minimum atomic E-state index is 0.576. The first-order valence-corrected chi connectivity index (χ1v) is 4.52. The van der Waals surface area contributed by atoms with Crippen molar-refractivity contribution in [2.45, 2.75) is 6.92 Å². The Morgan fingerprint density at radius 3 is 3.00 bits per heavy atom. The summed E-state index contributed by atoms with van der Waals surface area (Å²) in [5.41, 5.74) is 0.996. The van der Waals surface area contributed by atoms with Crippen LogP contribution in [0.1, 0.15) is 6.92 Å². The third-order valence-electron chi connectivity index (χ3n) is 1.25. The van der Waals surface area contributed by atoms with E-state index in [0.717, 1.165) is 12.2 Å². The molecule has 0 bridgehead atoms. The Balaban J connectivity index is 2.68. The summed E-state index contributed by atoms with van der Waals surface area (Å²) in [4.78, 5) is 4.08. The van der Waals surface area contributed by atoms with Crippen LogP contribution < -0.4 is 0 Å². The monoisotopic (exact) mass is 176 g/mol. The molecule has 0 saturated carbocycles. The molecule has 0 spiro atoms. The Kier molecular flexibility index (Phi) is 2.63. The summed E-state index contributed by atoms with van der Waals surface area (Å²) in [5.74, 6) is 0. The van der Waals surface area contributed by atoms with E-state index in [1.54, 1.807) is 11.9 Å². The Bertz CT molecular complexity index is 188. The molecule has 0 atom stereocenters. The molecule has 0 saturated heterocycles. The molecule has 56 valence electrons. The number of amidine groups is 1. The van der Waals surface area contributed by atoms with E-state index in [1.807, 2.05) is 23.6 Å². The van der Waals surface area contributed by atoms with Crippen molar-refractivity contribution < 1.29 is 0 Å². The highest BCUT2D eigenvalue weighted by Gasteiger charge is 2.09. The van der Waals surface area contributed by atoms with Gasteiger partial charge in [-0.1, -0.05) is 11.9 Å². The van der Waals surface area contributed by atoms with Crippen LogP contribution in [0.4, 0.5) is 0 Å². The average Bonchev–Trinajstić information content (AvgIpc) is 1.88. The van der Waals surface area contributed by atoms with Gasteiger partial charge in [-0.15, -0.1) is 0 Å². The number of allylic oxidation sites excluding steroid dienone is 1. The number of hydrogen-bond acceptors (Lipinski definition) is 3. The fourth-order valence-corrected chi connectivity index (χ4v) is 1.51. The van der Waals surface area contributed by atoms with Crippen molar-refractivity contribution in [3.63, 3.8) is 0 Å². The van der Waals surface area contributed by atoms with Crippen molar-refractivity contribution in [2.24, 2.45) is 4.99 Å². The highest BCUT2D eigenvalue weighted by atomic mass is 35.5. The van der Waals surface area contributed by atoms with Gasteiger partial charge in [0.1, 0.15) is 0 Å². The van der Waals surface area contributed by atoms with Gasteiger partial charge < -0.3 is 0 Å². The van der Waals surface area contributed by atoms with Gasteiger partial charge in [-0.25, -0.2) is 4.99 Å². The van der Waals surface area contributed by atoms with Crippen molar-refractivity contribution in [3.05, 3.63) is 11.8 Å². The minimum Gasteiger partial charge on any atom is -0.287 e. The first-order valence-electron chi connectivity index (χ1n) is 2.96. The van der Waals surface area contributed by atoms with Crippen LogP contribution in [0.25, 0.3) is 0 Å². The number of nitrogens with zero attached hydrogens (tertiary/aromatic N) is 2. The molecule has 10 heavy (non-hydrogen) atoms. The molecule has 0 N–H and O–H groups in total. The van der Waals surface area contributed by atoms with Crippen LogP contribution in [0.5, 0.6) is 0 Å². The Morgan fingerprint density at radius 2 is 2.50 bits per heavy atom. The fourth-order valence-electron chi connectivity index (χ4n) is 0.687. The Hall–Kier alpha value is -0.150. The lowest BCUT2D eigenvalue weighted by Crippen LogP contribution is -2.22. The zero-order valence-corrected chi connectivity index (χ0v) is 7.54. The van der Waals surface area contributed by atoms with Crippen molar-refractivity contribution in [1.29, 1.82) is 0 Å². The zero-order chi connectivity index (χ0) is 7.56. The molecule has 0 amide bonds. The van der Waals surface area contributed by atoms with Crippen molar-refractivity contribution >= 4 is 28.8 Å². The summed E-state index contributed by atoms with van der Waals surface area (Å²) < 4.78 is 1.93. The van der Waals surface area contributed by atoms with Gasteiger partial charge in [0.2, 0.25) is 5.29 Å². The summed E-state index contributed by atoms with van der Waals surface area (Å²) >= 11 is 7.37. The first-order chi connectivity index (χ1) is 4.74. The summed E-state index contributed by atoms with van der Waals surface area (Å²) in [6.45, 7) is 2.80. The van der Waals surface area contributed by atoms with Crippen LogP contribution in [0.15, 0.2) is 16.8 Å². The van der Waals surface area contributed by atoms with Crippen LogP contribution in [-0.2, 0) is 0 Å². The molecule has 0 radical (unpaired) electrons. The maximum Gasteiger partial charge on any atom is 0.209 e. The summed E-state index contributed by atoms with van der Waals surface area (Å²) in [5, 5.41) is 0.576. The molecule has 0 unspecified atom stereocenters. The molecule has 2 nitrogen and oxygen atoms in total. The van der Waals surface area contributed by atoms with E-state index in [-0.39, 0.29) is 0 Å². The molecular weight excluding hydrogens is 168 g/mol. The standard InChI is InChI=1S/C6H9ClN2S/c1-5-3-4-9(10-2)6(7)8-5/h3H,4H2,1-2H3. The summed E-state index contributed by atoms with van der Waals surface area (Å²) in [6, 6.07) is 0. The second-order valence-electron chi connectivity index (χ2n) is 1.97. The smallest absolute Gasteiger partial charge is 0.209 e. The largest absolute Gasteiger partial charge is 0.287 e. The number of halogens is 1. The summed E-state index contributed by atoms with van der Waals surface area (Å²) in [6.07, 6.45) is 4.02. The number of aliphatic imine (C=N–C) groups is 1. The molecular formula is C6H9ClN2S. The number of hydrogen-bond donors (Lipinski definition) is 0. The van der Waals surface area contributed by atoms with Gasteiger partial charge in [-0.3, -0.25) is 4.31 Å². The molecule has 1 rings (SSSR count). The highest BCUT2D eigenvalue weighted by Crippen LogP contribution is 2.15. The van der Waals surface area contributed by atoms with Gasteiger partial charge in [-0.2, -0.15) is 0 Å². The molecule has 0 aromatic heterocycles. The SMILES string of the molecule is CSN1CC=C(C)N=C1Cl. The lowest BCUT2D eigenvalue weighted by atomic mass is 10.4. The maximum atomic E-state index is 5.79. The normalized spacial score (nSPS) is 18.5. The van der Waals surface area contributed by atoms with Crippen LogP contribution in [0, 0.1) is 0 Å². The predicted octanol–water partition coefficient (Wildman–Crippen LogP) is 2.08. The van der Waals surface area contributed by atoms with Crippen molar-refractivity contribution in [1.82, 2.24) is 4.31 Å². The van der Waals surface area contributed by atoms with Gasteiger partial charge in [0.15, 0.2) is 0 Å². The topological polar surface area (TPSA) is 15.6 Å². The Morgan fingerprint density at radius 1 is 1.80 bits per heavy atom. The zero-order valence-electron chi connectivity index (χ0n) is 5.97. The highest BCUT2D eigenvalue weighted by molar-refractivity contribution is 7.97. The van der Waals surface area contributed by atoms with Crippen LogP contribution >= 0.6 is 23.5 Å². The van der Waals surface area contributed by atoms with Crippen LogP contribution in [-0.4, -0.2) is 22.4 Å². The van der Waals surface area contributed by atoms with E-state index in [1.165, 1.54) is 0 Å². The van der Waals surface area contributed by atoms with Gasteiger partial charge >= 0.3 is 0 Å². The van der Waals surface area contributed by atoms with E-state index >= 15 is 0 Å². The van der Waals surface area contributed by atoms with E-state index in [9.17, 15) is 0 Å². The van der Waals surface area contributed by atoms with E-state index in [4.69, 9.17) is 11.6 Å². The van der Waals surface area contributed by atoms with Gasteiger partial charge in [-0.05, 0) is 24.6 Å². The molecule has 0 fully saturated rings. The molecule has 1 aliphatic heterocycles. The van der Waals surface area contributed by atoms with Crippen LogP contribution in [0.3, 0.4) is 0 Å². The second kappa shape index (κ2) is 3.30. The maximum absolute atomic E-state index is 5.79. The third kappa shape index (κ3) is 1.67. The van der Waals surface area contributed by atoms with E-state index in [0.29, 0.717) is 5.29 Å². The van der Waals surface area contributed by atoms with Crippen molar-refractivity contribution in [2.75, 3.05) is 12.8 Å². The van der Waals surface area contributed by atoms with Crippen molar-refractivity contribution in [3.8, 4) is 0 Å². The average molecular weight is 177 g/mol. The third-order valence-corrected chi connectivity index (χ3v) is 2.40. The lowest BCUT2D eigenvalue weighted by molar-refractivity contribution is 0.752. The first kappa shape index (κ1) is 7.95. The fraction of sp³-hybridized carbons (Fsp3) is 0.500. The molecule has 0 aromatic carbocycles. The van der Waals surface area contributed by atoms with Gasteiger partial charge in [0.05, 0.1) is 6.54 Å². The molecule has 1 heterocycles. The quantitative estimate of drug-likeness (QED) is 0.449. The molecule has 0 aliphatic carbocycles. The molecule has 4 heteroatoms. The Labute approximate surface area is 70.1 Å².